The van der Waals surface area contributed by atoms with Gasteiger partial charge in [-0.25, -0.2) is 9.18 Å². The van der Waals surface area contributed by atoms with Gasteiger partial charge in [-0.3, -0.25) is 4.57 Å². The zero-order valence-electron chi connectivity index (χ0n) is 13.0. The monoisotopic (exact) mass is 348 g/mol. The number of carbonyl (C=O) groups is 1. The summed E-state index contributed by atoms with van der Waals surface area (Å²) in [5.41, 5.74) is 0.479. The van der Waals surface area contributed by atoms with E-state index >= 15 is 0 Å². The number of nitrogens with zero attached hydrogens (tertiary/aromatic N) is 4. The summed E-state index contributed by atoms with van der Waals surface area (Å²) in [6.07, 6.45) is 1.86. The molecule has 1 saturated heterocycles. The number of aromatic nitrogens is 3. The predicted molar refractivity (Wildman–Crippen MR) is 87.3 cm³/mol. The lowest BCUT2D eigenvalue weighted by Gasteiger charge is -2.12. The molecule has 1 aliphatic carbocycles. The second-order valence-electron chi connectivity index (χ2n) is 5.84. The van der Waals surface area contributed by atoms with Crippen LogP contribution in [0.3, 0.4) is 0 Å². The maximum atomic E-state index is 14.1. The van der Waals surface area contributed by atoms with E-state index < -0.39 is 0 Å². The van der Waals surface area contributed by atoms with E-state index in [1.165, 1.54) is 6.07 Å². The molecule has 0 atom stereocenters. The van der Waals surface area contributed by atoms with E-state index in [1.807, 2.05) is 4.57 Å². The number of hydrogen-bond donors (Lipinski definition) is 0. The molecule has 0 unspecified atom stereocenters. The van der Waals surface area contributed by atoms with Crippen molar-refractivity contribution in [2.75, 3.05) is 25.4 Å². The van der Waals surface area contributed by atoms with Crippen LogP contribution in [0.4, 0.5) is 9.18 Å². The highest BCUT2D eigenvalue weighted by Gasteiger charge is 2.31. The van der Waals surface area contributed by atoms with Crippen LogP contribution in [0.25, 0.3) is 11.4 Å². The van der Waals surface area contributed by atoms with Crippen molar-refractivity contribution in [1.82, 2.24) is 19.7 Å². The van der Waals surface area contributed by atoms with Crippen molar-refractivity contribution < 1.29 is 13.9 Å². The highest BCUT2D eigenvalue weighted by atomic mass is 32.2. The first-order valence-electron chi connectivity index (χ1n) is 7.98. The molecule has 0 bridgehead atoms. The van der Waals surface area contributed by atoms with Crippen LogP contribution in [-0.2, 0) is 4.74 Å². The van der Waals surface area contributed by atoms with Gasteiger partial charge in [-0.15, -0.1) is 10.2 Å². The van der Waals surface area contributed by atoms with Gasteiger partial charge in [-0.1, -0.05) is 23.9 Å². The Morgan fingerprint density at radius 3 is 2.83 bits per heavy atom. The van der Waals surface area contributed by atoms with Crippen LogP contribution < -0.4 is 0 Å². The van der Waals surface area contributed by atoms with Crippen LogP contribution in [0, 0.1) is 5.82 Å². The van der Waals surface area contributed by atoms with Crippen molar-refractivity contribution in [2.24, 2.45) is 0 Å². The summed E-state index contributed by atoms with van der Waals surface area (Å²) in [5.74, 6) is 0.999. The molecule has 24 heavy (non-hydrogen) atoms. The second kappa shape index (κ2) is 6.43. The van der Waals surface area contributed by atoms with Crippen molar-refractivity contribution in [3.63, 3.8) is 0 Å². The first-order valence-corrected chi connectivity index (χ1v) is 8.97. The summed E-state index contributed by atoms with van der Waals surface area (Å²) in [6.45, 7) is 1.70. The zero-order valence-corrected chi connectivity index (χ0v) is 13.8. The number of rotatable bonds is 6. The number of thioether (sulfide) groups is 1. The van der Waals surface area contributed by atoms with Gasteiger partial charge in [0.05, 0.1) is 12.1 Å². The average molecular weight is 348 g/mol. The molecule has 2 aliphatic rings. The van der Waals surface area contributed by atoms with Crippen molar-refractivity contribution in [1.29, 1.82) is 0 Å². The quantitative estimate of drug-likeness (QED) is 0.751. The lowest BCUT2D eigenvalue weighted by molar-refractivity contribution is 0.160. The molecule has 2 aromatic rings. The second-order valence-corrected chi connectivity index (χ2v) is 6.90. The highest BCUT2D eigenvalue weighted by Crippen LogP contribution is 2.41. The standard InChI is InChI=1S/C16H17FN4O2S/c17-13-4-2-1-3-12(13)14-18-19-15(21(14)11-5-6-11)24-10-8-20-7-9-23-16(20)22/h1-4,11H,5-10H2. The van der Waals surface area contributed by atoms with Crippen LogP contribution in [0.5, 0.6) is 0 Å². The third kappa shape index (κ3) is 2.98. The normalized spacial score (nSPS) is 17.4. The number of amides is 1. The minimum Gasteiger partial charge on any atom is -0.448 e. The molecule has 1 aromatic carbocycles. The number of halogens is 1. The summed E-state index contributed by atoms with van der Waals surface area (Å²) in [6, 6.07) is 6.98. The minimum atomic E-state index is -0.289. The average Bonchev–Trinajstić information content (AvgIpc) is 3.21. The van der Waals surface area contributed by atoms with Crippen LogP contribution in [0.2, 0.25) is 0 Å². The largest absolute Gasteiger partial charge is 0.448 e. The molecule has 0 spiro atoms. The number of benzene rings is 1. The van der Waals surface area contributed by atoms with Gasteiger partial charge in [0.15, 0.2) is 11.0 Å². The predicted octanol–water partition coefficient (Wildman–Crippen LogP) is 2.96. The van der Waals surface area contributed by atoms with E-state index in [-0.39, 0.29) is 11.9 Å². The van der Waals surface area contributed by atoms with E-state index in [0.29, 0.717) is 42.9 Å². The van der Waals surface area contributed by atoms with Crippen LogP contribution in [-0.4, -0.2) is 51.2 Å². The van der Waals surface area contributed by atoms with Gasteiger partial charge < -0.3 is 9.64 Å². The lowest BCUT2D eigenvalue weighted by Crippen LogP contribution is -2.26. The van der Waals surface area contributed by atoms with E-state index in [0.717, 1.165) is 18.0 Å². The van der Waals surface area contributed by atoms with Gasteiger partial charge in [0, 0.05) is 18.3 Å². The Morgan fingerprint density at radius 1 is 1.29 bits per heavy atom. The fourth-order valence-electron chi connectivity index (χ4n) is 2.74. The Kier molecular flexibility index (Phi) is 4.13. The van der Waals surface area contributed by atoms with Gasteiger partial charge >= 0.3 is 6.09 Å². The van der Waals surface area contributed by atoms with Crippen LogP contribution in [0.1, 0.15) is 18.9 Å². The third-order valence-corrected chi connectivity index (χ3v) is 5.05. The maximum absolute atomic E-state index is 14.1. The highest BCUT2D eigenvalue weighted by molar-refractivity contribution is 7.99. The summed E-state index contributed by atoms with van der Waals surface area (Å²) >= 11 is 1.54. The van der Waals surface area contributed by atoms with Crippen molar-refractivity contribution >= 4 is 17.9 Å². The third-order valence-electron chi connectivity index (χ3n) is 4.13. The van der Waals surface area contributed by atoms with E-state index in [4.69, 9.17) is 4.74 Å². The van der Waals surface area contributed by atoms with E-state index in [1.54, 1.807) is 34.9 Å². The molecule has 1 amide bonds. The molecule has 1 aromatic heterocycles. The molecule has 0 N–H and O–H groups in total. The van der Waals surface area contributed by atoms with E-state index in [2.05, 4.69) is 10.2 Å². The molecular weight excluding hydrogens is 331 g/mol. The van der Waals surface area contributed by atoms with Crippen LogP contribution >= 0.6 is 11.8 Å². The van der Waals surface area contributed by atoms with Crippen LogP contribution in [0.15, 0.2) is 29.4 Å². The number of cyclic esters (lactones) is 1. The molecule has 2 heterocycles. The Morgan fingerprint density at radius 2 is 2.12 bits per heavy atom. The lowest BCUT2D eigenvalue weighted by atomic mass is 10.2. The molecule has 4 rings (SSSR count). The Hall–Kier alpha value is -2.09. The van der Waals surface area contributed by atoms with Gasteiger partial charge in [-0.2, -0.15) is 0 Å². The van der Waals surface area contributed by atoms with Crippen molar-refractivity contribution in [3.05, 3.63) is 30.1 Å². The fraction of sp³-hybridized carbons (Fsp3) is 0.438. The molecule has 2 fully saturated rings. The summed E-state index contributed by atoms with van der Waals surface area (Å²) in [7, 11) is 0. The minimum absolute atomic E-state index is 0.258. The summed E-state index contributed by atoms with van der Waals surface area (Å²) in [4.78, 5) is 13.1. The Balaban J connectivity index is 1.52. The van der Waals surface area contributed by atoms with E-state index in [9.17, 15) is 9.18 Å². The summed E-state index contributed by atoms with van der Waals surface area (Å²) in [5, 5.41) is 9.25. The molecule has 1 saturated carbocycles. The molecule has 126 valence electrons. The molecule has 8 heteroatoms. The van der Waals surface area contributed by atoms with Crippen molar-refractivity contribution in [2.45, 2.75) is 24.0 Å². The first kappa shape index (κ1) is 15.4. The van der Waals surface area contributed by atoms with Gasteiger partial charge in [-0.05, 0) is 25.0 Å². The zero-order chi connectivity index (χ0) is 16.5. The van der Waals surface area contributed by atoms with Gasteiger partial charge in [0.2, 0.25) is 0 Å². The molecule has 6 nitrogen and oxygen atoms in total. The Labute approximate surface area is 143 Å². The maximum Gasteiger partial charge on any atom is 0.409 e. The fourth-order valence-corrected chi connectivity index (χ4v) is 3.71. The Bertz CT molecular complexity index is 762. The van der Waals surface area contributed by atoms with Crippen molar-refractivity contribution in [3.8, 4) is 11.4 Å². The molecule has 0 radical (unpaired) electrons. The number of carbonyl (C=O) groups excluding carboxylic acids is 1. The summed E-state index contributed by atoms with van der Waals surface area (Å²) < 4.78 is 21.1. The number of ether oxygens (including phenoxy) is 1. The topological polar surface area (TPSA) is 60.2 Å². The smallest absolute Gasteiger partial charge is 0.409 e. The molecule has 1 aliphatic heterocycles. The first-order chi connectivity index (χ1) is 11.7. The van der Waals surface area contributed by atoms with Gasteiger partial charge in [0.25, 0.3) is 0 Å². The molecular formula is C16H17FN4O2S. The number of hydrogen-bond acceptors (Lipinski definition) is 5. The van der Waals surface area contributed by atoms with Gasteiger partial charge in [0.1, 0.15) is 12.4 Å². The SMILES string of the molecule is O=C1OCCN1CCSc1nnc(-c2ccccc2F)n1C1CC1.